The molecule has 94 valence electrons. The number of benzene rings is 2. The van der Waals surface area contributed by atoms with Gasteiger partial charge in [0.25, 0.3) is 0 Å². The molecule has 1 N–H and O–H groups in total. The Morgan fingerprint density at radius 3 is 2.50 bits per heavy atom. The van der Waals surface area contributed by atoms with Gasteiger partial charge in [0, 0.05) is 6.54 Å². The van der Waals surface area contributed by atoms with E-state index >= 15 is 0 Å². The van der Waals surface area contributed by atoms with Crippen LogP contribution in [0.3, 0.4) is 0 Å². The predicted octanol–water partition coefficient (Wildman–Crippen LogP) is 3.52. The predicted molar refractivity (Wildman–Crippen MR) is 74.0 cm³/mol. The molecule has 0 bridgehead atoms. The lowest BCUT2D eigenvalue weighted by Crippen LogP contribution is -2.14. The van der Waals surface area contributed by atoms with Gasteiger partial charge in [0.15, 0.2) is 0 Å². The molecule has 0 amide bonds. The van der Waals surface area contributed by atoms with Gasteiger partial charge in [-0.05, 0) is 36.1 Å². The van der Waals surface area contributed by atoms with E-state index in [0.29, 0.717) is 6.61 Å². The largest absolute Gasteiger partial charge is 0.297 e. The van der Waals surface area contributed by atoms with E-state index in [4.69, 9.17) is 4.84 Å². The van der Waals surface area contributed by atoms with Crippen molar-refractivity contribution in [2.75, 3.05) is 0 Å². The summed E-state index contributed by atoms with van der Waals surface area (Å²) in [5, 5.41) is 0. The number of nitrogens with one attached hydrogen (secondary N) is 1. The van der Waals surface area contributed by atoms with Gasteiger partial charge in [0.1, 0.15) is 0 Å². The van der Waals surface area contributed by atoms with Crippen molar-refractivity contribution in [1.29, 1.82) is 0 Å². The Hall–Kier alpha value is -1.64. The number of hydrogen-bond acceptors (Lipinski definition) is 2. The van der Waals surface area contributed by atoms with Crippen LogP contribution in [0.25, 0.3) is 0 Å². The fraction of sp³-hybridized carbons (Fsp3) is 0.250. The first-order valence-corrected chi connectivity index (χ1v) is 6.21. The summed E-state index contributed by atoms with van der Waals surface area (Å²) in [5.41, 5.74) is 8.12. The molecule has 2 aromatic rings. The first-order valence-electron chi connectivity index (χ1n) is 6.21. The van der Waals surface area contributed by atoms with Crippen LogP contribution in [-0.2, 0) is 18.0 Å². The zero-order valence-corrected chi connectivity index (χ0v) is 10.9. The summed E-state index contributed by atoms with van der Waals surface area (Å²) >= 11 is 0. The zero-order valence-electron chi connectivity index (χ0n) is 10.9. The summed E-state index contributed by atoms with van der Waals surface area (Å²) in [6.07, 6.45) is 0. The van der Waals surface area contributed by atoms with Crippen molar-refractivity contribution in [1.82, 2.24) is 5.48 Å². The van der Waals surface area contributed by atoms with Crippen molar-refractivity contribution in [3.8, 4) is 0 Å². The molecule has 0 aliphatic heterocycles. The molecule has 2 aromatic carbocycles. The number of aryl methyl sites for hydroxylation is 1. The maximum Gasteiger partial charge on any atom is 0.0933 e. The Bertz CT molecular complexity index is 494. The smallest absolute Gasteiger partial charge is 0.0933 e. The summed E-state index contributed by atoms with van der Waals surface area (Å²) in [6, 6.07) is 16.5. The van der Waals surface area contributed by atoms with Crippen molar-refractivity contribution in [3.63, 3.8) is 0 Å². The SMILES string of the molecule is Cc1cccc(CNOCc2ccccc2)c1C. The Morgan fingerprint density at radius 2 is 1.72 bits per heavy atom. The van der Waals surface area contributed by atoms with Crippen LogP contribution < -0.4 is 5.48 Å². The minimum absolute atomic E-state index is 0.589. The highest BCUT2D eigenvalue weighted by Crippen LogP contribution is 2.12. The Labute approximate surface area is 109 Å². The van der Waals surface area contributed by atoms with E-state index in [9.17, 15) is 0 Å². The van der Waals surface area contributed by atoms with Crippen LogP contribution in [0, 0.1) is 13.8 Å². The zero-order chi connectivity index (χ0) is 12.8. The molecule has 0 saturated carbocycles. The second-order valence-electron chi connectivity index (χ2n) is 4.45. The maximum absolute atomic E-state index is 5.47. The molecule has 0 spiro atoms. The lowest BCUT2D eigenvalue weighted by Gasteiger charge is -2.10. The van der Waals surface area contributed by atoms with E-state index in [1.807, 2.05) is 18.2 Å². The minimum Gasteiger partial charge on any atom is -0.297 e. The molecule has 2 heteroatoms. The van der Waals surface area contributed by atoms with E-state index in [0.717, 1.165) is 6.54 Å². The second-order valence-corrected chi connectivity index (χ2v) is 4.45. The molecule has 0 saturated heterocycles. The van der Waals surface area contributed by atoms with E-state index in [2.05, 4.69) is 49.7 Å². The number of hydroxylamine groups is 1. The first-order chi connectivity index (χ1) is 8.77. The summed E-state index contributed by atoms with van der Waals surface area (Å²) < 4.78 is 0. The first kappa shape index (κ1) is 12.8. The minimum atomic E-state index is 0.589. The molecule has 0 heterocycles. The Balaban J connectivity index is 1.81. The highest BCUT2D eigenvalue weighted by molar-refractivity contribution is 5.32. The fourth-order valence-electron chi connectivity index (χ4n) is 1.84. The summed E-state index contributed by atoms with van der Waals surface area (Å²) in [4.78, 5) is 5.47. The number of rotatable bonds is 5. The molecule has 0 aliphatic rings. The molecule has 0 aromatic heterocycles. The van der Waals surface area contributed by atoms with E-state index in [-0.39, 0.29) is 0 Å². The van der Waals surface area contributed by atoms with Gasteiger partial charge in [0.2, 0.25) is 0 Å². The normalized spacial score (nSPS) is 10.6. The van der Waals surface area contributed by atoms with Crippen molar-refractivity contribution in [3.05, 3.63) is 70.8 Å². The van der Waals surface area contributed by atoms with Crippen LogP contribution in [0.15, 0.2) is 48.5 Å². The lowest BCUT2D eigenvalue weighted by molar-refractivity contribution is 0.0234. The molecular weight excluding hydrogens is 222 g/mol. The van der Waals surface area contributed by atoms with Gasteiger partial charge in [-0.2, -0.15) is 5.48 Å². The van der Waals surface area contributed by atoms with Gasteiger partial charge in [-0.25, -0.2) is 0 Å². The van der Waals surface area contributed by atoms with Crippen LogP contribution in [0.1, 0.15) is 22.3 Å². The van der Waals surface area contributed by atoms with Crippen LogP contribution in [0.5, 0.6) is 0 Å². The molecule has 0 unspecified atom stereocenters. The van der Waals surface area contributed by atoms with Crippen molar-refractivity contribution >= 4 is 0 Å². The lowest BCUT2D eigenvalue weighted by atomic mass is 10.0. The number of hydrogen-bond donors (Lipinski definition) is 1. The third kappa shape index (κ3) is 3.42. The molecule has 0 radical (unpaired) electrons. The van der Waals surface area contributed by atoms with Crippen LogP contribution in [0.4, 0.5) is 0 Å². The fourth-order valence-corrected chi connectivity index (χ4v) is 1.84. The average Bonchev–Trinajstić information content (AvgIpc) is 2.40. The van der Waals surface area contributed by atoms with Crippen LogP contribution in [0.2, 0.25) is 0 Å². The van der Waals surface area contributed by atoms with Gasteiger partial charge >= 0.3 is 0 Å². The average molecular weight is 241 g/mol. The highest BCUT2D eigenvalue weighted by atomic mass is 16.6. The molecule has 18 heavy (non-hydrogen) atoms. The van der Waals surface area contributed by atoms with Crippen LogP contribution >= 0.6 is 0 Å². The molecule has 2 rings (SSSR count). The van der Waals surface area contributed by atoms with Gasteiger partial charge in [-0.3, -0.25) is 4.84 Å². The van der Waals surface area contributed by atoms with Crippen molar-refractivity contribution < 1.29 is 4.84 Å². The summed E-state index contributed by atoms with van der Waals surface area (Å²) in [7, 11) is 0. The quantitative estimate of drug-likeness (QED) is 0.638. The van der Waals surface area contributed by atoms with Crippen molar-refractivity contribution in [2.45, 2.75) is 27.0 Å². The molecule has 0 fully saturated rings. The van der Waals surface area contributed by atoms with Gasteiger partial charge in [0.05, 0.1) is 6.61 Å². The Morgan fingerprint density at radius 1 is 0.944 bits per heavy atom. The third-order valence-corrected chi connectivity index (χ3v) is 3.16. The highest BCUT2D eigenvalue weighted by Gasteiger charge is 2.00. The molecule has 2 nitrogen and oxygen atoms in total. The summed E-state index contributed by atoms with van der Waals surface area (Å²) in [5.74, 6) is 0. The molecule has 0 aliphatic carbocycles. The van der Waals surface area contributed by atoms with E-state index in [1.54, 1.807) is 0 Å². The monoisotopic (exact) mass is 241 g/mol. The van der Waals surface area contributed by atoms with Crippen LogP contribution in [-0.4, -0.2) is 0 Å². The third-order valence-electron chi connectivity index (χ3n) is 3.16. The second kappa shape index (κ2) is 6.34. The molecule has 0 atom stereocenters. The standard InChI is InChI=1S/C16H19NO/c1-13-7-6-10-16(14(13)2)11-17-18-12-15-8-4-3-5-9-15/h3-10,17H,11-12H2,1-2H3. The molecular formula is C16H19NO. The Kier molecular flexibility index (Phi) is 4.51. The topological polar surface area (TPSA) is 21.3 Å². The van der Waals surface area contributed by atoms with Gasteiger partial charge < -0.3 is 0 Å². The van der Waals surface area contributed by atoms with Gasteiger partial charge in [-0.15, -0.1) is 0 Å². The maximum atomic E-state index is 5.47. The van der Waals surface area contributed by atoms with E-state index < -0.39 is 0 Å². The van der Waals surface area contributed by atoms with Gasteiger partial charge in [-0.1, -0.05) is 48.5 Å². The van der Waals surface area contributed by atoms with Crippen molar-refractivity contribution in [2.24, 2.45) is 0 Å². The summed E-state index contributed by atoms with van der Waals surface area (Å²) in [6.45, 7) is 5.60. The van der Waals surface area contributed by atoms with E-state index in [1.165, 1.54) is 22.3 Å².